The van der Waals surface area contributed by atoms with Crippen LogP contribution in [0.1, 0.15) is 25.7 Å². The fourth-order valence-electron chi connectivity index (χ4n) is 2.61. The third kappa shape index (κ3) is 3.20. The molecule has 0 amide bonds. The Balaban J connectivity index is 1.68. The van der Waals surface area contributed by atoms with E-state index >= 15 is 0 Å². The largest absolute Gasteiger partial charge is 0.312 e. The number of rotatable bonds is 3. The van der Waals surface area contributed by atoms with Crippen LogP contribution in [0.25, 0.3) is 11.3 Å². The highest BCUT2D eigenvalue weighted by molar-refractivity contribution is 5.56. The summed E-state index contributed by atoms with van der Waals surface area (Å²) in [6.45, 7) is 2.09. The second-order valence-corrected chi connectivity index (χ2v) is 5.17. The van der Waals surface area contributed by atoms with Gasteiger partial charge in [0.2, 0.25) is 0 Å². The van der Waals surface area contributed by atoms with E-state index in [1.165, 1.54) is 25.7 Å². The first-order valence-corrected chi connectivity index (χ1v) is 7.09. The van der Waals surface area contributed by atoms with Crippen LogP contribution >= 0.6 is 0 Å². The molecule has 1 atom stereocenters. The van der Waals surface area contributed by atoms with Crippen molar-refractivity contribution >= 4 is 0 Å². The van der Waals surface area contributed by atoms with Gasteiger partial charge in [-0.1, -0.05) is 18.9 Å². The minimum Gasteiger partial charge on any atom is -0.312 e. The Morgan fingerprint density at radius 3 is 3.16 bits per heavy atom. The Morgan fingerprint density at radius 2 is 2.26 bits per heavy atom. The fourth-order valence-corrected chi connectivity index (χ4v) is 2.61. The van der Waals surface area contributed by atoms with Gasteiger partial charge < -0.3 is 5.32 Å². The smallest absolute Gasteiger partial charge is 0.0733 e. The topological polar surface area (TPSA) is 42.7 Å². The van der Waals surface area contributed by atoms with Crippen molar-refractivity contribution < 1.29 is 0 Å². The first kappa shape index (κ1) is 12.4. The SMILES string of the molecule is c1ccc(-c2cnn(C[C@@H]3CCCCCN3)c2)nc1. The van der Waals surface area contributed by atoms with E-state index in [-0.39, 0.29) is 0 Å². The lowest BCUT2D eigenvalue weighted by Gasteiger charge is -2.15. The molecule has 4 heteroatoms. The summed E-state index contributed by atoms with van der Waals surface area (Å²) >= 11 is 0. The molecular weight excluding hydrogens is 236 g/mol. The quantitative estimate of drug-likeness (QED) is 0.917. The summed E-state index contributed by atoms with van der Waals surface area (Å²) in [6.07, 6.45) is 11.0. The van der Waals surface area contributed by atoms with Crippen molar-refractivity contribution in [1.82, 2.24) is 20.1 Å². The average Bonchev–Trinajstić information content (AvgIpc) is 2.76. The second-order valence-electron chi connectivity index (χ2n) is 5.17. The maximum atomic E-state index is 4.45. The predicted octanol–water partition coefficient (Wildman–Crippen LogP) is 2.48. The maximum Gasteiger partial charge on any atom is 0.0733 e. The summed E-state index contributed by atoms with van der Waals surface area (Å²) in [6, 6.07) is 6.51. The number of aromatic nitrogens is 3. The van der Waals surface area contributed by atoms with Crippen molar-refractivity contribution in [3.63, 3.8) is 0 Å². The summed E-state index contributed by atoms with van der Waals surface area (Å²) in [7, 11) is 0. The van der Waals surface area contributed by atoms with Crippen molar-refractivity contribution in [3.05, 3.63) is 36.8 Å². The monoisotopic (exact) mass is 256 g/mol. The van der Waals surface area contributed by atoms with Crippen LogP contribution in [0.15, 0.2) is 36.8 Å². The van der Waals surface area contributed by atoms with Crippen molar-refractivity contribution in [3.8, 4) is 11.3 Å². The maximum absolute atomic E-state index is 4.45. The standard InChI is InChI=1S/C15H20N4/c1-2-6-14(16-8-4-1)12-19-11-13(10-18-19)15-7-3-5-9-17-15/h3,5,7,9-11,14,16H,1-2,4,6,8,12H2/t14-/m0/s1. The molecule has 0 saturated carbocycles. The van der Waals surface area contributed by atoms with Crippen LogP contribution in [-0.2, 0) is 6.54 Å². The van der Waals surface area contributed by atoms with Gasteiger partial charge in [-0.05, 0) is 31.5 Å². The van der Waals surface area contributed by atoms with E-state index in [9.17, 15) is 0 Å². The number of hydrogen-bond acceptors (Lipinski definition) is 3. The van der Waals surface area contributed by atoms with Gasteiger partial charge in [0.05, 0.1) is 18.4 Å². The first-order chi connectivity index (χ1) is 9.42. The van der Waals surface area contributed by atoms with E-state index in [2.05, 4.69) is 21.6 Å². The van der Waals surface area contributed by atoms with Crippen molar-refractivity contribution in [2.45, 2.75) is 38.3 Å². The molecule has 100 valence electrons. The van der Waals surface area contributed by atoms with E-state index < -0.39 is 0 Å². The van der Waals surface area contributed by atoms with Gasteiger partial charge >= 0.3 is 0 Å². The van der Waals surface area contributed by atoms with Gasteiger partial charge in [-0.15, -0.1) is 0 Å². The average molecular weight is 256 g/mol. The lowest BCUT2D eigenvalue weighted by Crippen LogP contribution is -2.32. The van der Waals surface area contributed by atoms with Crippen LogP contribution in [0.5, 0.6) is 0 Å². The zero-order valence-electron chi connectivity index (χ0n) is 11.1. The molecule has 1 aliphatic rings. The molecule has 1 aliphatic heterocycles. The lowest BCUT2D eigenvalue weighted by atomic mass is 10.1. The highest BCUT2D eigenvalue weighted by Crippen LogP contribution is 2.16. The third-order valence-electron chi connectivity index (χ3n) is 3.66. The highest BCUT2D eigenvalue weighted by atomic mass is 15.3. The van der Waals surface area contributed by atoms with Gasteiger partial charge in [0.15, 0.2) is 0 Å². The molecule has 0 bridgehead atoms. The summed E-state index contributed by atoms with van der Waals surface area (Å²) in [5, 5.41) is 8.06. The minimum absolute atomic E-state index is 0.555. The Labute approximate surface area is 113 Å². The molecule has 1 N–H and O–H groups in total. The van der Waals surface area contributed by atoms with Crippen LogP contribution in [0.3, 0.4) is 0 Å². The molecule has 2 aromatic heterocycles. The van der Waals surface area contributed by atoms with Gasteiger partial charge in [-0.25, -0.2) is 0 Å². The fraction of sp³-hybridized carbons (Fsp3) is 0.467. The van der Waals surface area contributed by atoms with E-state index in [1.807, 2.05) is 35.3 Å². The van der Waals surface area contributed by atoms with E-state index in [1.54, 1.807) is 0 Å². The van der Waals surface area contributed by atoms with Crippen LogP contribution in [-0.4, -0.2) is 27.4 Å². The normalized spacial score (nSPS) is 20.1. The van der Waals surface area contributed by atoms with Gasteiger partial charge in [-0.3, -0.25) is 9.67 Å². The molecule has 1 saturated heterocycles. The van der Waals surface area contributed by atoms with Gasteiger partial charge in [0, 0.05) is 24.0 Å². The van der Waals surface area contributed by atoms with Gasteiger partial charge in [-0.2, -0.15) is 5.10 Å². The van der Waals surface area contributed by atoms with Crippen LogP contribution in [0.2, 0.25) is 0 Å². The number of nitrogens with zero attached hydrogens (tertiary/aromatic N) is 3. The van der Waals surface area contributed by atoms with Crippen LogP contribution in [0.4, 0.5) is 0 Å². The van der Waals surface area contributed by atoms with Gasteiger partial charge in [0.25, 0.3) is 0 Å². The van der Waals surface area contributed by atoms with Crippen LogP contribution < -0.4 is 5.32 Å². The zero-order chi connectivity index (χ0) is 12.9. The Kier molecular flexibility index (Phi) is 3.89. The molecular formula is C15H20N4. The molecule has 0 aromatic carbocycles. The third-order valence-corrected chi connectivity index (χ3v) is 3.66. The second kappa shape index (κ2) is 5.97. The van der Waals surface area contributed by atoms with Gasteiger partial charge in [0.1, 0.15) is 0 Å². The summed E-state index contributed by atoms with van der Waals surface area (Å²) in [4.78, 5) is 4.36. The number of hydrogen-bond donors (Lipinski definition) is 1. The molecule has 3 heterocycles. The minimum atomic E-state index is 0.555. The molecule has 0 aliphatic carbocycles. The summed E-state index contributed by atoms with van der Waals surface area (Å²) in [5.74, 6) is 0. The molecule has 2 aromatic rings. The molecule has 4 nitrogen and oxygen atoms in total. The van der Waals surface area contributed by atoms with E-state index in [4.69, 9.17) is 0 Å². The summed E-state index contributed by atoms with van der Waals surface area (Å²) in [5.41, 5.74) is 2.08. The molecule has 1 fully saturated rings. The molecule has 19 heavy (non-hydrogen) atoms. The first-order valence-electron chi connectivity index (χ1n) is 7.09. The Hall–Kier alpha value is -1.68. The highest BCUT2D eigenvalue weighted by Gasteiger charge is 2.12. The predicted molar refractivity (Wildman–Crippen MR) is 75.7 cm³/mol. The molecule has 0 radical (unpaired) electrons. The number of pyridine rings is 1. The lowest BCUT2D eigenvalue weighted by molar-refractivity contribution is 0.422. The van der Waals surface area contributed by atoms with Crippen molar-refractivity contribution in [1.29, 1.82) is 0 Å². The van der Waals surface area contributed by atoms with E-state index in [0.717, 1.165) is 24.3 Å². The summed E-state index contributed by atoms with van der Waals surface area (Å²) < 4.78 is 2.03. The Morgan fingerprint density at radius 1 is 1.26 bits per heavy atom. The zero-order valence-corrected chi connectivity index (χ0v) is 11.1. The van der Waals surface area contributed by atoms with E-state index in [0.29, 0.717) is 6.04 Å². The Bertz CT molecular complexity index is 498. The van der Waals surface area contributed by atoms with Crippen LogP contribution in [0, 0.1) is 0 Å². The molecule has 0 unspecified atom stereocenters. The number of nitrogens with one attached hydrogen (secondary N) is 1. The van der Waals surface area contributed by atoms with Crippen molar-refractivity contribution in [2.75, 3.05) is 6.54 Å². The van der Waals surface area contributed by atoms with Crippen molar-refractivity contribution in [2.24, 2.45) is 0 Å². The molecule has 0 spiro atoms. The molecule has 3 rings (SSSR count).